The van der Waals surface area contributed by atoms with Gasteiger partial charge in [-0.2, -0.15) is 0 Å². The van der Waals surface area contributed by atoms with Gasteiger partial charge in [-0.1, -0.05) is 24.3 Å². The van der Waals surface area contributed by atoms with Crippen molar-refractivity contribution in [3.8, 4) is 0 Å². The summed E-state index contributed by atoms with van der Waals surface area (Å²) in [5.74, 6) is 0.488. The second-order valence-electron chi connectivity index (χ2n) is 8.41. The van der Waals surface area contributed by atoms with Gasteiger partial charge in [-0.05, 0) is 54.7 Å². The molecule has 1 atom stereocenters. The quantitative estimate of drug-likeness (QED) is 0.820. The van der Waals surface area contributed by atoms with Gasteiger partial charge in [0.25, 0.3) is 0 Å². The van der Waals surface area contributed by atoms with Gasteiger partial charge in [0.15, 0.2) is 9.84 Å². The number of anilines is 1. The van der Waals surface area contributed by atoms with E-state index in [1.165, 1.54) is 16.5 Å². The largest absolute Gasteiger partial charge is 0.324 e. The summed E-state index contributed by atoms with van der Waals surface area (Å²) in [5, 5.41) is 5.49. The van der Waals surface area contributed by atoms with E-state index in [0.717, 1.165) is 36.8 Å². The molecule has 0 bridgehead atoms. The molecule has 3 aliphatic rings. The number of sulfone groups is 1. The summed E-state index contributed by atoms with van der Waals surface area (Å²) < 4.78 is 23.9. The number of rotatable bonds is 1. The standard InChI is InChI=1S/C21H24N2O3S/c24-20(23-11-2-9-21(13-23)10-12-27(25,26)14-21)22-18-8-7-16-6-5-15-3-1-4-17(18)19(15)16/h1,3-4,7-8H,2,5-6,9-14H2,(H,22,24)/t21-/m0/s1. The molecule has 0 saturated carbocycles. The Balaban J connectivity index is 1.39. The molecule has 5 nitrogen and oxygen atoms in total. The first-order valence-electron chi connectivity index (χ1n) is 9.75. The number of carbonyl (C=O) groups excluding carboxylic acids is 1. The van der Waals surface area contributed by atoms with Gasteiger partial charge in [0.05, 0.1) is 17.2 Å². The van der Waals surface area contributed by atoms with Crippen molar-refractivity contribution in [3.05, 3.63) is 41.5 Å². The maximum absolute atomic E-state index is 13.0. The molecule has 6 heteroatoms. The zero-order valence-corrected chi connectivity index (χ0v) is 16.1. The summed E-state index contributed by atoms with van der Waals surface area (Å²) in [5.41, 5.74) is 3.32. The van der Waals surface area contributed by atoms with Gasteiger partial charge >= 0.3 is 6.03 Å². The molecule has 1 aliphatic carbocycles. The van der Waals surface area contributed by atoms with Crippen LogP contribution in [0.25, 0.3) is 10.8 Å². The van der Waals surface area contributed by atoms with Crippen molar-refractivity contribution >= 4 is 32.3 Å². The molecular weight excluding hydrogens is 360 g/mol. The monoisotopic (exact) mass is 384 g/mol. The summed E-state index contributed by atoms with van der Waals surface area (Å²) in [7, 11) is -2.95. The first-order chi connectivity index (χ1) is 12.9. The number of likely N-dealkylation sites (tertiary alicyclic amines) is 1. The second kappa shape index (κ2) is 5.96. The molecule has 0 aromatic heterocycles. The maximum atomic E-state index is 13.0. The van der Waals surface area contributed by atoms with Crippen LogP contribution in [0.2, 0.25) is 0 Å². The average molecular weight is 385 g/mol. The van der Waals surface area contributed by atoms with Crippen LogP contribution in [0.1, 0.15) is 30.4 Å². The predicted molar refractivity (Wildman–Crippen MR) is 107 cm³/mol. The van der Waals surface area contributed by atoms with Crippen LogP contribution in [0.4, 0.5) is 10.5 Å². The first-order valence-corrected chi connectivity index (χ1v) is 11.6. The number of piperidine rings is 1. The summed E-state index contributed by atoms with van der Waals surface area (Å²) in [6.07, 6.45) is 4.57. The lowest BCUT2D eigenvalue weighted by Crippen LogP contribution is -2.48. The van der Waals surface area contributed by atoms with E-state index in [9.17, 15) is 13.2 Å². The SMILES string of the molecule is O=C(Nc1ccc2c3c(cccc13)CC2)N1CCC[C@]2(CCS(=O)(=O)C2)C1. The molecule has 2 aromatic rings. The highest BCUT2D eigenvalue weighted by Crippen LogP contribution is 2.40. The zero-order valence-electron chi connectivity index (χ0n) is 15.3. The van der Waals surface area contributed by atoms with E-state index in [1.54, 1.807) is 0 Å². The van der Waals surface area contributed by atoms with Crippen LogP contribution in [0.15, 0.2) is 30.3 Å². The molecule has 2 aliphatic heterocycles. The summed E-state index contributed by atoms with van der Waals surface area (Å²) >= 11 is 0. The van der Waals surface area contributed by atoms with Crippen LogP contribution in [-0.4, -0.2) is 43.9 Å². The Morgan fingerprint density at radius 3 is 2.67 bits per heavy atom. The van der Waals surface area contributed by atoms with Gasteiger partial charge in [0, 0.05) is 23.9 Å². The van der Waals surface area contributed by atoms with E-state index >= 15 is 0 Å². The van der Waals surface area contributed by atoms with Crippen molar-refractivity contribution in [1.82, 2.24) is 4.90 Å². The van der Waals surface area contributed by atoms with Gasteiger partial charge in [0.2, 0.25) is 0 Å². The van der Waals surface area contributed by atoms with E-state index in [2.05, 4.69) is 29.6 Å². The molecule has 1 N–H and O–H groups in total. The van der Waals surface area contributed by atoms with Gasteiger partial charge in [-0.3, -0.25) is 0 Å². The van der Waals surface area contributed by atoms with Crippen molar-refractivity contribution in [3.63, 3.8) is 0 Å². The van der Waals surface area contributed by atoms with Crippen LogP contribution in [-0.2, 0) is 22.7 Å². The Morgan fingerprint density at radius 2 is 1.89 bits per heavy atom. The number of hydrogen-bond donors (Lipinski definition) is 1. The van der Waals surface area contributed by atoms with Gasteiger partial charge in [-0.25, -0.2) is 13.2 Å². The lowest BCUT2D eigenvalue weighted by molar-refractivity contribution is 0.130. The van der Waals surface area contributed by atoms with E-state index in [1.807, 2.05) is 11.0 Å². The van der Waals surface area contributed by atoms with E-state index < -0.39 is 9.84 Å². The van der Waals surface area contributed by atoms with Crippen LogP contribution in [0.3, 0.4) is 0 Å². The minimum Gasteiger partial charge on any atom is -0.324 e. The Morgan fingerprint density at radius 1 is 1.07 bits per heavy atom. The number of carbonyl (C=O) groups is 1. The fourth-order valence-corrected chi connectivity index (χ4v) is 7.44. The minimum atomic E-state index is -2.95. The normalized spacial score (nSPS) is 26.0. The molecule has 27 heavy (non-hydrogen) atoms. The number of amides is 2. The Bertz CT molecular complexity index is 1040. The topological polar surface area (TPSA) is 66.5 Å². The zero-order chi connectivity index (χ0) is 18.6. The maximum Gasteiger partial charge on any atom is 0.321 e. The Labute approximate surface area is 159 Å². The van der Waals surface area contributed by atoms with Gasteiger partial charge in [0.1, 0.15) is 0 Å². The van der Waals surface area contributed by atoms with Crippen LogP contribution < -0.4 is 5.32 Å². The second-order valence-corrected chi connectivity index (χ2v) is 10.6. The van der Waals surface area contributed by atoms with Crippen LogP contribution >= 0.6 is 0 Å². The molecule has 0 radical (unpaired) electrons. The van der Waals surface area contributed by atoms with Crippen molar-refractivity contribution in [2.24, 2.45) is 5.41 Å². The van der Waals surface area contributed by atoms with Crippen molar-refractivity contribution in [2.75, 3.05) is 29.9 Å². The smallest absolute Gasteiger partial charge is 0.321 e. The van der Waals surface area contributed by atoms with Gasteiger partial charge < -0.3 is 10.2 Å². The van der Waals surface area contributed by atoms with Crippen molar-refractivity contribution in [1.29, 1.82) is 0 Å². The van der Waals surface area contributed by atoms with Gasteiger partial charge in [-0.15, -0.1) is 0 Å². The minimum absolute atomic E-state index is 0.114. The third kappa shape index (κ3) is 2.90. The number of hydrogen-bond acceptors (Lipinski definition) is 3. The summed E-state index contributed by atoms with van der Waals surface area (Å²) in [6, 6.07) is 10.3. The van der Waals surface area contributed by atoms with Crippen LogP contribution in [0.5, 0.6) is 0 Å². The third-order valence-corrected chi connectivity index (χ3v) is 8.41. The van der Waals surface area contributed by atoms with Crippen molar-refractivity contribution < 1.29 is 13.2 Å². The molecule has 5 rings (SSSR count). The molecule has 2 amide bonds. The van der Waals surface area contributed by atoms with E-state index in [0.29, 0.717) is 19.5 Å². The van der Waals surface area contributed by atoms with Crippen LogP contribution in [0, 0.1) is 5.41 Å². The summed E-state index contributed by atoms with van der Waals surface area (Å²) in [6.45, 7) is 1.23. The fourth-order valence-electron chi connectivity index (χ4n) is 5.24. The number of nitrogens with one attached hydrogen (secondary N) is 1. The predicted octanol–water partition coefficient (Wildman–Crippen LogP) is 3.37. The highest BCUT2D eigenvalue weighted by atomic mass is 32.2. The molecule has 142 valence electrons. The molecule has 2 aromatic carbocycles. The Kier molecular flexibility index (Phi) is 3.76. The number of nitrogens with zero attached hydrogens (tertiary/aromatic N) is 1. The summed E-state index contributed by atoms with van der Waals surface area (Å²) in [4.78, 5) is 14.8. The number of aryl methyl sites for hydroxylation is 2. The first kappa shape index (κ1) is 17.0. The highest BCUT2D eigenvalue weighted by molar-refractivity contribution is 7.91. The number of urea groups is 1. The lowest BCUT2D eigenvalue weighted by atomic mass is 9.80. The van der Waals surface area contributed by atoms with E-state index in [4.69, 9.17) is 0 Å². The Hall–Kier alpha value is -2.08. The molecule has 0 unspecified atom stereocenters. The third-order valence-electron chi connectivity index (χ3n) is 6.54. The van der Waals surface area contributed by atoms with E-state index in [-0.39, 0.29) is 23.0 Å². The molecule has 2 saturated heterocycles. The van der Waals surface area contributed by atoms with Crippen molar-refractivity contribution in [2.45, 2.75) is 32.1 Å². The molecule has 2 fully saturated rings. The molecule has 2 heterocycles. The lowest BCUT2D eigenvalue weighted by Gasteiger charge is -2.39. The molecular formula is C21H24N2O3S. The molecule has 1 spiro atoms. The number of benzene rings is 2. The average Bonchev–Trinajstić information content (AvgIpc) is 3.19. The highest BCUT2D eigenvalue weighted by Gasteiger charge is 2.45. The fraction of sp³-hybridized carbons (Fsp3) is 0.476.